The average molecular weight is 546 g/mol. The molecule has 188 valence electrons. The summed E-state index contributed by atoms with van der Waals surface area (Å²) in [7, 11) is -4.03. The summed E-state index contributed by atoms with van der Waals surface area (Å²) in [6.07, 6.45) is 1.49. The summed E-state index contributed by atoms with van der Waals surface area (Å²) in [6, 6.07) is 19.7. The smallest absolute Gasteiger partial charge is 0.286 e. The Morgan fingerprint density at radius 3 is 2.50 bits per heavy atom. The largest absolute Gasteiger partial charge is 0.349 e. The number of hydrazone groups is 1. The number of amides is 3. The second kappa shape index (κ2) is 12.7. The Labute approximate surface area is 219 Å². The third-order valence-corrected chi connectivity index (χ3v) is 7.10. The van der Waals surface area contributed by atoms with Gasteiger partial charge < -0.3 is 0 Å². The van der Waals surface area contributed by atoms with Gasteiger partial charge in [-0.15, -0.1) is 0 Å². The predicted octanol–water partition coefficient (Wildman–Crippen LogP) is 5.16. The molecule has 3 aromatic carbocycles. The number of rotatable bonds is 9. The lowest BCUT2D eigenvalue weighted by molar-refractivity contribution is 0.0993. The quantitative estimate of drug-likeness (QED) is 0.166. The van der Waals surface area contributed by atoms with Gasteiger partial charge in [0.15, 0.2) is 0 Å². The first-order valence-electron chi connectivity index (χ1n) is 10.7. The third-order valence-electron chi connectivity index (χ3n) is 4.84. The monoisotopic (exact) mass is 545 g/mol. The summed E-state index contributed by atoms with van der Waals surface area (Å²) >= 11 is 7.28. The minimum Gasteiger partial charge on any atom is -0.286 e. The standard InChI is InChI=1S/C25H24ClN3O5S2/c1-18-4-2-5-19(14-18)16-27-28-25(31)29(23-10-8-22(26)9-11-23)24(30)21-7-3-6-20(15-21)17-35-12-13-36(32,33)34/h2-11,14-16H,12-13,17H2,1H3,(H,28,31)(H,32,33,34). The van der Waals surface area contributed by atoms with E-state index in [0.29, 0.717) is 16.5 Å². The molecule has 0 heterocycles. The molecule has 0 fully saturated rings. The molecule has 0 atom stereocenters. The van der Waals surface area contributed by atoms with Crippen LogP contribution in [0.4, 0.5) is 10.5 Å². The maximum absolute atomic E-state index is 13.4. The first-order chi connectivity index (χ1) is 17.1. The molecule has 3 aromatic rings. The van der Waals surface area contributed by atoms with Crippen molar-refractivity contribution in [1.82, 2.24) is 5.43 Å². The number of imide groups is 1. The van der Waals surface area contributed by atoms with Crippen molar-refractivity contribution in [3.05, 3.63) is 100 Å². The summed E-state index contributed by atoms with van der Waals surface area (Å²) in [5, 5.41) is 4.44. The molecule has 0 aromatic heterocycles. The van der Waals surface area contributed by atoms with Gasteiger partial charge in [-0.1, -0.05) is 53.6 Å². The number of urea groups is 1. The fourth-order valence-electron chi connectivity index (χ4n) is 3.16. The third kappa shape index (κ3) is 8.49. The normalized spacial score (nSPS) is 11.4. The van der Waals surface area contributed by atoms with E-state index in [4.69, 9.17) is 16.2 Å². The van der Waals surface area contributed by atoms with E-state index in [1.807, 2.05) is 31.2 Å². The highest BCUT2D eigenvalue weighted by molar-refractivity contribution is 7.99. The molecule has 8 nitrogen and oxygen atoms in total. The molecule has 0 radical (unpaired) electrons. The number of nitrogens with one attached hydrogen (secondary N) is 1. The van der Waals surface area contributed by atoms with Crippen molar-refractivity contribution in [1.29, 1.82) is 0 Å². The van der Waals surface area contributed by atoms with Gasteiger partial charge in [0.05, 0.1) is 17.7 Å². The highest BCUT2D eigenvalue weighted by Crippen LogP contribution is 2.22. The van der Waals surface area contributed by atoms with Crippen LogP contribution < -0.4 is 10.3 Å². The molecule has 0 saturated heterocycles. The number of nitrogens with zero attached hydrogens (tertiary/aromatic N) is 2. The molecule has 0 aliphatic carbocycles. The Morgan fingerprint density at radius 1 is 1.08 bits per heavy atom. The number of aryl methyl sites for hydroxylation is 1. The molecular weight excluding hydrogens is 522 g/mol. The molecule has 0 aliphatic rings. The van der Waals surface area contributed by atoms with Gasteiger partial charge in [0, 0.05) is 22.1 Å². The van der Waals surface area contributed by atoms with Gasteiger partial charge in [0.25, 0.3) is 16.0 Å². The average Bonchev–Trinajstić information content (AvgIpc) is 2.83. The molecule has 0 bridgehead atoms. The summed E-state index contributed by atoms with van der Waals surface area (Å²) < 4.78 is 30.6. The molecule has 3 rings (SSSR count). The van der Waals surface area contributed by atoms with Gasteiger partial charge >= 0.3 is 6.03 Å². The number of hydrogen-bond donors (Lipinski definition) is 2. The lowest BCUT2D eigenvalue weighted by Crippen LogP contribution is -2.42. The van der Waals surface area contributed by atoms with Crippen LogP contribution in [0.5, 0.6) is 0 Å². The molecular formula is C25H24ClN3O5S2. The fraction of sp³-hybridized carbons (Fsp3) is 0.160. The Morgan fingerprint density at radius 2 is 1.81 bits per heavy atom. The van der Waals surface area contributed by atoms with Gasteiger partial charge in [-0.2, -0.15) is 25.3 Å². The molecule has 3 amide bonds. The van der Waals surface area contributed by atoms with Crippen LogP contribution in [0.15, 0.2) is 77.9 Å². The van der Waals surface area contributed by atoms with Crippen molar-refractivity contribution in [2.45, 2.75) is 12.7 Å². The van der Waals surface area contributed by atoms with E-state index in [1.165, 1.54) is 18.0 Å². The van der Waals surface area contributed by atoms with Gasteiger partial charge in [0.2, 0.25) is 0 Å². The van der Waals surface area contributed by atoms with Crippen LogP contribution in [-0.2, 0) is 15.9 Å². The lowest BCUT2D eigenvalue weighted by atomic mass is 10.1. The molecule has 36 heavy (non-hydrogen) atoms. The van der Waals surface area contributed by atoms with E-state index in [9.17, 15) is 18.0 Å². The van der Waals surface area contributed by atoms with Gasteiger partial charge in [-0.05, 0) is 54.4 Å². The molecule has 11 heteroatoms. The van der Waals surface area contributed by atoms with E-state index in [2.05, 4.69) is 10.5 Å². The van der Waals surface area contributed by atoms with Gasteiger partial charge in [0.1, 0.15) is 0 Å². The van der Waals surface area contributed by atoms with Crippen LogP contribution in [-0.4, -0.2) is 42.6 Å². The van der Waals surface area contributed by atoms with Crippen LogP contribution in [0.2, 0.25) is 5.02 Å². The minimum atomic E-state index is -4.03. The lowest BCUT2D eigenvalue weighted by Gasteiger charge is -2.20. The minimum absolute atomic E-state index is 0.204. The Kier molecular flexibility index (Phi) is 9.65. The number of hydrogen-bond acceptors (Lipinski definition) is 6. The van der Waals surface area contributed by atoms with Gasteiger partial charge in [-0.3, -0.25) is 9.35 Å². The topological polar surface area (TPSA) is 116 Å². The number of carbonyl (C=O) groups excluding carboxylic acids is 2. The number of halogens is 1. The van der Waals surface area contributed by atoms with E-state index in [0.717, 1.165) is 21.6 Å². The zero-order valence-corrected chi connectivity index (χ0v) is 21.7. The van der Waals surface area contributed by atoms with E-state index in [1.54, 1.807) is 48.5 Å². The zero-order chi connectivity index (χ0) is 26.1. The molecule has 2 N–H and O–H groups in total. The molecule has 0 spiro atoms. The molecule has 0 unspecified atom stereocenters. The van der Waals surface area contributed by atoms with Crippen molar-refractivity contribution in [2.24, 2.45) is 5.10 Å². The first kappa shape index (κ1) is 27.4. The predicted molar refractivity (Wildman–Crippen MR) is 145 cm³/mol. The number of carbonyl (C=O) groups is 2. The molecule has 0 aliphatic heterocycles. The van der Waals surface area contributed by atoms with Crippen LogP contribution in [0, 0.1) is 6.92 Å². The van der Waals surface area contributed by atoms with E-state index in [-0.39, 0.29) is 17.1 Å². The SMILES string of the molecule is Cc1cccc(C=NNC(=O)N(C(=O)c2cccc(CSCCS(=O)(=O)O)c2)c2ccc(Cl)cc2)c1. The highest BCUT2D eigenvalue weighted by atomic mass is 35.5. The fourth-order valence-corrected chi connectivity index (χ4v) is 5.16. The summed E-state index contributed by atoms with van der Waals surface area (Å²) in [6.45, 7) is 1.94. The molecule has 0 saturated carbocycles. The van der Waals surface area contributed by atoms with Crippen LogP contribution >= 0.6 is 23.4 Å². The van der Waals surface area contributed by atoms with Crippen LogP contribution in [0.1, 0.15) is 27.0 Å². The zero-order valence-electron chi connectivity index (χ0n) is 19.3. The Bertz CT molecular complexity index is 1360. The first-order valence-corrected chi connectivity index (χ1v) is 13.9. The van der Waals surface area contributed by atoms with Crippen molar-refractivity contribution in [3.63, 3.8) is 0 Å². The maximum Gasteiger partial charge on any atom is 0.349 e. The van der Waals surface area contributed by atoms with Crippen LogP contribution in [0.3, 0.4) is 0 Å². The maximum atomic E-state index is 13.4. The van der Waals surface area contributed by atoms with Crippen molar-refractivity contribution in [3.8, 4) is 0 Å². The van der Waals surface area contributed by atoms with Crippen molar-refractivity contribution in [2.75, 3.05) is 16.4 Å². The number of thioether (sulfide) groups is 1. The summed E-state index contributed by atoms with van der Waals surface area (Å²) in [4.78, 5) is 27.4. The number of benzene rings is 3. The highest BCUT2D eigenvalue weighted by Gasteiger charge is 2.25. The van der Waals surface area contributed by atoms with E-state index < -0.39 is 22.1 Å². The Balaban J connectivity index is 1.79. The second-order valence-corrected chi connectivity index (χ2v) is 10.9. The second-order valence-electron chi connectivity index (χ2n) is 7.75. The van der Waals surface area contributed by atoms with Gasteiger partial charge in [-0.25, -0.2) is 15.1 Å². The Hall–Kier alpha value is -3.18. The number of anilines is 1. The summed E-state index contributed by atoms with van der Waals surface area (Å²) in [5.41, 5.74) is 5.56. The summed E-state index contributed by atoms with van der Waals surface area (Å²) in [5.74, 6) is -0.311. The van der Waals surface area contributed by atoms with E-state index >= 15 is 0 Å². The van der Waals surface area contributed by atoms with Crippen LogP contribution in [0.25, 0.3) is 0 Å². The van der Waals surface area contributed by atoms with Crippen molar-refractivity contribution < 1.29 is 22.6 Å². The van der Waals surface area contributed by atoms with Crippen molar-refractivity contribution >= 4 is 57.3 Å².